The van der Waals surface area contributed by atoms with Gasteiger partial charge < -0.3 is 10.2 Å². The summed E-state index contributed by atoms with van der Waals surface area (Å²) in [4.78, 5) is 21.0. The molecule has 0 bridgehead atoms. The van der Waals surface area contributed by atoms with Crippen LogP contribution in [0, 0.1) is 0 Å². The zero-order valence-electron chi connectivity index (χ0n) is 34.7. The van der Waals surface area contributed by atoms with Crippen LogP contribution in [-0.4, -0.2) is 22.2 Å². The molecule has 2 N–H and O–H groups in total. The second kappa shape index (κ2) is 45.6. The summed E-state index contributed by atoms with van der Waals surface area (Å²) < 4.78 is 0. The van der Waals surface area contributed by atoms with Crippen LogP contribution in [0.1, 0.15) is 270 Å². The van der Waals surface area contributed by atoms with Gasteiger partial charge in [0.15, 0.2) is 0 Å². The lowest BCUT2D eigenvalue weighted by Gasteiger charge is -2.04. The predicted octanol–water partition coefficient (Wildman–Crippen LogP) is 16.7. The van der Waals surface area contributed by atoms with Gasteiger partial charge in [-0.05, 0) is 64.2 Å². The fraction of sp³-hybridized carbons (Fsp3) is 0.875. The molecule has 4 nitrogen and oxygen atoms in total. The summed E-state index contributed by atoms with van der Waals surface area (Å²) in [6, 6.07) is 0. The molecule has 52 heavy (non-hydrogen) atoms. The lowest BCUT2D eigenvalue weighted by Crippen LogP contribution is -1.93. The van der Waals surface area contributed by atoms with Crippen molar-refractivity contribution < 1.29 is 19.8 Å². The van der Waals surface area contributed by atoms with Crippen LogP contribution < -0.4 is 0 Å². The number of carboxylic acids is 2. The molecule has 0 amide bonds. The van der Waals surface area contributed by atoms with Gasteiger partial charge in [-0.25, -0.2) is 0 Å². The van der Waals surface area contributed by atoms with Gasteiger partial charge in [-0.3, -0.25) is 9.59 Å². The highest BCUT2D eigenvalue weighted by molar-refractivity contribution is 5.66. The van der Waals surface area contributed by atoms with Crippen molar-refractivity contribution in [3.63, 3.8) is 0 Å². The summed E-state index contributed by atoms with van der Waals surface area (Å²) in [5, 5.41) is 17.3. The molecule has 0 aliphatic carbocycles. The second-order valence-electron chi connectivity index (χ2n) is 16.1. The molecule has 0 radical (unpaired) electrons. The lowest BCUT2D eigenvalue weighted by molar-refractivity contribution is -0.138. The number of aliphatic carboxylic acids is 2. The molecule has 4 heteroatoms. The summed E-state index contributed by atoms with van der Waals surface area (Å²) in [6.07, 6.45) is 63.3. The maximum absolute atomic E-state index is 10.5. The van der Waals surface area contributed by atoms with E-state index < -0.39 is 11.9 Å². The van der Waals surface area contributed by atoms with Crippen LogP contribution in [0.5, 0.6) is 0 Å². The lowest BCUT2D eigenvalue weighted by atomic mass is 10.0. The molecule has 0 aliphatic heterocycles. The Hall–Kier alpha value is -1.58. The monoisotopic (exact) mass is 731 g/mol. The van der Waals surface area contributed by atoms with Gasteiger partial charge in [0.25, 0.3) is 0 Å². The number of carboxylic acid groups (broad SMARTS) is 2. The Bertz CT molecular complexity index is 708. The summed E-state index contributed by atoms with van der Waals surface area (Å²) in [6.45, 7) is 0. The summed E-state index contributed by atoms with van der Waals surface area (Å²) in [7, 11) is 0. The predicted molar refractivity (Wildman–Crippen MR) is 227 cm³/mol. The first kappa shape index (κ1) is 50.4. The van der Waals surface area contributed by atoms with Gasteiger partial charge in [-0.1, -0.05) is 217 Å². The first-order chi connectivity index (χ1) is 25.6. The van der Waals surface area contributed by atoms with E-state index in [2.05, 4.69) is 24.3 Å². The average Bonchev–Trinajstić information content (AvgIpc) is 3.12. The molecule has 0 aliphatic rings. The number of hydrogen-bond acceptors (Lipinski definition) is 2. The van der Waals surface area contributed by atoms with Crippen LogP contribution in [0.4, 0.5) is 0 Å². The Balaban J connectivity index is 3.13. The molecular formula is C48H90O4. The highest BCUT2D eigenvalue weighted by Crippen LogP contribution is 2.16. The Labute approximate surface area is 324 Å². The Morgan fingerprint density at radius 2 is 0.365 bits per heavy atom. The number of unbranched alkanes of at least 4 members (excludes halogenated alkanes) is 37. The fourth-order valence-corrected chi connectivity index (χ4v) is 7.38. The zero-order valence-corrected chi connectivity index (χ0v) is 34.7. The first-order valence-electron chi connectivity index (χ1n) is 23.4. The Morgan fingerprint density at radius 1 is 0.231 bits per heavy atom. The fourth-order valence-electron chi connectivity index (χ4n) is 7.38. The normalized spacial score (nSPS) is 11.8. The van der Waals surface area contributed by atoms with Crippen molar-refractivity contribution in [3.8, 4) is 0 Å². The summed E-state index contributed by atoms with van der Waals surface area (Å²) >= 11 is 0. The third-order valence-electron chi connectivity index (χ3n) is 10.8. The maximum Gasteiger partial charge on any atom is 0.303 e. The van der Waals surface area contributed by atoms with Crippen LogP contribution in [-0.2, 0) is 9.59 Å². The van der Waals surface area contributed by atoms with Crippen molar-refractivity contribution in [1.29, 1.82) is 0 Å². The van der Waals surface area contributed by atoms with E-state index in [1.54, 1.807) is 0 Å². The topological polar surface area (TPSA) is 74.6 Å². The highest BCUT2D eigenvalue weighted by atomic mass is 16.4. The number of carbonyl (C=O) groups is 2. The van der Waals surface area contributed by atoms with Gasteiger partial charge in [-0.15, -0.1) is 0 Å². The standard InChI is InChI=1S/C48H90O4/c49-47(50)45-43-41-39-37-35-33-31-29-27-25-23-21-19-17-15-13-11-9-7-5-3-1-2-4-6-8-10-12-14-16-18-20-22-24-26-28-30-32-34-36-38-40-42-44-46-48(51)52/h21-24H,1-20,25-46H2,(H,49,50)(H,51,52). The summed E-state index contributed by atoms with van der Waals surface area (Å²) in [5.41, 5.74) is 0. The minimum Gasteiger partial charge on any atom is -0.481 e. The van der Waals surface area contributed by atoms with Gasteiger partial charge >= 0.3 is 11.9 Å². The van der Waals surface area contributed by atoms with E-state index in [-0.39, 0.29) is 0 Å². The maximum atomic E-state index is 10.5. The summed E-state index contributed by atoms with van der Waals surface area (Å²) in [5.74, 6) is -1.31. The first-order valence-corrected chi connectivity index (χ1v) is 23.4. The van der Waals surface area contributed by atoms with Crippen molar-refractivity contribution >= 4 is 11.9 Å². The van der Waals surface area contributed by atoms with E-state index in [9.17, 15) is 9.59 Å². The largest absolute Gasteiger partial charge is 0.481 e. The van der Waals surface area contributed by atoms with Gasteiger partial charge in [0.2, 0.25) is 0 Å². The molecule has 0 fully saturated rings. The highest BCUT2D eigenvalue weighted by Gasteiger charge is 1.99. The van der Waals surface area contributed by atoms with Crippen molar-refractivity contribution in [2.24, 2.45) is 0 Å². The molecule has 0 spiro atoms. The van der Waals surface area contributed by atoms with E-state index in [4.69, 9.17) is 10.2 Å². The molecule has 0 atom stereocenters. The molecule has 0 unspecified atom stereocenters. The quantitative estimate of drug-likeness (QED) is 0.0483. The molecule has 0 rings (SSSR count). The van der Waals surface area contributed by atoms with Gasteiger partial charge in [0.05, 0.1) is 0 Å². The van der Waals surface area contributed by atoms with Crippen molar-refractivity contribution in [3.05, 3.63) is 24.3 Å². The third kappa shape index (κ3) is 48.4. The van der Waals surface area contributed by atoms with E-state index in [1.165, 1.54) is 231 Å². The van der Waals surface area contributed by atoms with Crippen molar-refractivity contribution in [1.82, 2.24) is 0 Å². The molecule has 0 saturated heterocycles. The van der Waals surface area contributed by atoms with Crippen LogP contribution >= 0.6 is 0 Å². The van der Waals surface area contributed by atoms with E-state index in [0.717, 1.165) is 25.7 Å². The minimum absolute atomic E-state index is 0.336. The van der Waals surface area contributed by atoms with Crippen LogP contribution in [0.3, 0.4) is 0 Å². The van der Waals surface area contributed by atoms with Crippen molar-refractivity contribution in [2.75, 3.05) is 0 Å². The molecule has 0 aromatic rings. The number of allylic oxidation sites excluding steroid dienone is 4. The van der Waals surface area contributed by atoms with Gasteiger partial charge in [0, 0.05) is 12.8 Å². The van der Waals surface area contributed by atoms with Crippen LogP contribution in [0.2, 0.25) is 0 Å². The van der Waals surface area contributed by atoms with Gasteiger partial charge in [-0.2, -0.15) is 0 Å². The van der Waals surface area contributed by atoms with Crippen molar-refractivity contribution in [2.45, 2.75) is 270 Å². The molecule has 0 heterocycles. The van der Waals surface area contributed by atoms with Crippen LogP contribution in [0.25, 0.3) is 0 Å². The molecular weight excluding hydrogens is 641 g/mol. The molecule has 306 valence electrons. The average molecular weight is 731 g/mol. The van der Waals surface area contributed by atoms with Gasteiger partial charge in [0.1, 0.15) is 0 Å². The third-order valence-corrected chi connectivity index (χ3v) is 10.8. The molecule has 0 aromatic heterocycles. The smallest absolute Gasteiger partial charge is 0.303 e. The zero-order chi connectivity index (χ0) is 37.7. The number of hydrogen-bond donors (Lipinski definition) is 2. The molecule has 0 aromatic carbocycles. The second-order valence-corrected chi connectivity index (χ2v) is 16.1. The van der Waals surface area contributed by atoms with E-state index >= 15 is 0 Å². The van der Waals surface area contributed by atoms with Crippen LogP contribution in [0.15, 0.2) is 24.3 Å². The Morgan fingerprint density at radius 3 is 0.519 bits per heavy atom. The minimum atomic E-state index is -0.656. The van der Waals surface area contributed by atoms with E-state index in [1.807, 2.05) is 0 Å². The Kier molecular flexibility index (Phi) is 44.2. The molecule has 0 saturated carbocycles. The van der Waals surface area contributed by atoms with E-state index in [0.29, 0.717) is 12.8 Å². The number of rotatable bonds is 45. The SMILES string of the molecule is O=C(O)CCCCCCCCCCCC=CCCCCCCCCCCCCCCCCCCCCC=CCCCCCCCCCCCC(=O)O.